The minimum absolute atomic E-state index is 0.460. The highest BCUT2D eigenvalue weighted by molar-refractivity contribution is 5.72. The largest absolute Gasteiger partial charge is 0.492 e. The Morgan fingerprint density at radius 1 is 1.47 bits per heavy atom. The van der Waals surface area contributed by atoms with Crippen molar-refractivity contribution in [2.45, 2.75) is 26.8 Å². The standard InChI is InChI=1S/C13H19NO3/c1-9-4-5-10(2)12(8-9)17-7-6-14-11(3)13(15)16/h4-5,8,11,14H,6-7H2,1-3H3,(H,15,16). The molecule has 0 radical (unpaired) electrons. The van der Waals surface area contributed by atoms with Gasteiger partial charge in [0.15, 0.2) is 0 Å². The van der Waals surface area contributed by atoms with Crippen molar-refractivity contribution in [1.29, 1.82) is 0 Å². The Labute approximate surface area is 102 Å². The first-order valence-corrected chi connectivity index (χ1v) is 5.67. The summed E-state index contributed by atoms with van der Waals surface area (Å²) in [5, 5.41) is 11.5. The molecule has 0 saturated carbocycles. The van der Waals surface area contributed by atoms with Crippen molar-refractivity contribution in [3.8, 4) is 5.75 Å². The molecule has 0 aliphatic rings. The molecule has 0 bridgehead atoms. The van der Waals surface area contributed by atoms with Gasteiger partial charge in [-0.3, -0.25) is 4.79 Å². The van der Waals surface area contributed by atoms with E-state index in [4.69, 9.17) is 9.84 Å². The van der Waals surface area contributed by atoms with Gasteiger partial charge in [0.05, 0.1) is 0 Å². The van der Waals surface area contributed by atoms with Crippen LogP contribution in [0.3, 0.4) is 0 Å². The van der Waals surface area contributed by atoms with Crippen molar-refractivity contribution in [1.82, 2.24) is 5.32 Å². The lowest BCUT2D eigenvalue weighted by molar-refractivity contribution is -0.139. The van der Waals surface area contributed by atoms with Crippen LogP contribution in [0.5, 0.6) is 5.75 Å². The smallest absolute Gasteiger partial charge is 0.320 e. The van der Waals surface area contributed by atoms with E-state index in [2.05, 4.69) is 5.32 Å². The lowest BCUT2D eigenvalue weighted by atomic mass is 10.1. The van der Waals surface area contributed by atoms with Crippen molar-refractivity contribution in [3.05, 3.63) is 29.3 Å². The van der Waals surface area contributed by atoms with Crippen molar-refractivity contribution >= 4 is 5.97 Å². The van der Waals surface area contributed by atoms with Crippen LogP contribution in [0, 0.1) is 13.8 Å². The Hall–Kier alpha value is -1.55. The van der Waals surface area contributed by atoms with E-state index in [-0.39, 0.29) is 0 Å². The van der Waals surface area contributed by atoms with E-state index in [9.17, 15) is 4.79 Å². The van der Waals surface area contributed by atoms with Gasteiger partial charge in [-0.05, 0) is 38.0 Å². The molecule has 0 fully saturated rings. The van der Waals surface area contributed by atoms with Gasteiger partial charge >= 0.3 is 5.97 Å². The minimum Gasteiger partial charge on any atom is -0.492 e. The molecule has 0 amide bonds. The number of carboxylic acid groups (broad SMARTS) is 1. The van der Waals surface area contributed by atoms with Crippen LogP contribution in [0.1, 0.15) is 18.1 Å². The van der Waals surface area contributed by atoms with Crippen molar-refractivity contribution in [2.75, 3.05) is 13.2 Å². The molecule has 0 aromatic heterocycles. The quantitative estimate of drug-likeness (QED) is 0.740. The molecule has 1 aromatic carbocycles. The summed E-state index contributed by atoms with van der Waals surface area (Å²) >= 11 is 0. The molecule has 1 aromatic rings. The molecule has 2 N–H and O–H groups in total. The van der Waals surface area contributed by atoms with Crippen LogP contribution in [0.25, 0.3) is 0 Å². The van der Waals surface area contributed by atoms with Gasteiger partial charge in [0.2, 0.25) is 0 Å². The first-order valence-electron chi connectivity index (χ1n) is 5.67. The molecule has 0 aliphatic carbocycles. The van der Waals surface area contributed by atoms with Gasteiger partial charge in [0.25, 0.3) is 0 Å². The van der Waals surface area contributed by atoms with E-state index in [0.717, 1.165) is 16.9 Å². The number of hydrogen-bond acceptors (Lipinski definition) is 3. The highest BCUT2D eigenvalue weighted by Gasteiger charge is 2.08. The highest BCUT2D eigenvalue weighted by atomic mass is 16.5. The maximum Gasteiger partial charge on any atom is 0.320 e. The van der Waals surface area contributed by atoms with Crippen LogP contribution < -0.4 is 10.1 Å². The van der Waals surface area contributed by atoms with Crippen LogP contribution in [0.4, 0.5) is 0 Å². The Morgan fingerprint density at radius 3 is 2.82 bits per heavy atom. The molecule has 17 heavy (non-hydrogen) atoms. The van der Waals surface area contributed by atoms with Crippen molar-refractivity contribution in [3.63, 3.8) is 0 Å². The third-order valence-electron chi connectivity index (χ3n) is 2.52. The van der Waals surface area contributed by atoms with Crippen LogP contribution in [0.2, 0.25) is 0 Å². The molecule has 0 spiro atoms. The van der Waals surface area contributed by atoms with Gasteiger partial charge < -0.3 is 15.2 Å². The second-order valence-corrected chi connectivity index (χ2v) is 4.13. The second-order valence-electron chi connectivity index (χ2n) is 4.13. The monoisotopic (exact) mass is 237 g/mol. The number of aliphatic carboxylic acids is 1. The fourth-order valence-electron chi connectivity index (χ4n) is 1.39. The maximum atomic E-state index is 10.6. The molecular formula is C13H19NO3. The average molecular weight is 237 g/mol. The lowest BCUT2D eigenvalue weighted by Crippen LogP contribution is -2.36. The predicted octanol–water partition coefficient (Wildman–Crippen LogP) is 1.74. The van der Waals surface area contributed by atoms with E-state index in [0.29, 0.717) is 13.2 Å². The first kappa shape index (κ1) is 13.5. The number of nitrogens with one attached hydrogen (secondary N) is 1. The zero-order chi connectivity index (χ0) is 12.8. The predicted molar refractivity (Wildman–Crippen MR) is 66.5 cm³/mol. The summed E-state index contributed by atoms with van der Waals surface area (Å²) in [6.07, 6.45) is 0. The van der Waals surface area contributed by atoms with Gasteiger partial charge in [0, 0.05) is 6.54 Å². The van der Waals surface area contributed by atoms with Gasteiger partial charge in [-0.1, -0.05) is 12.1 Å². The summed E-state index contributed by atoms with van der Waals surface area (Å²) in [5.41, 5.74) is 2.24. The van der Waals surface area contributed by atoms with Gasteiger partial charge in [0.1, 0.15) is 18.4 Å². The Balaban J connectivity index is 2.36. The number of carbonyl (C=O) groups is 1. The lowest BCUT2D eigenvalue weighted by Gasteiger charge is -2.12. The molecule has 0 saturated heterocycles. The topological polar surface area (TPSA) is 58.6 Å². The number of ether oxygens (including phenoxy) is 1. The zero-order valence-electron chi connectivity index (χ0n) is 10.5. The van der Waals surface area contributed by atoms with E-state index in [1.807, 2.05) is 32.0 Å². The van der Waals surface area contributed by atoms with Crippen molar-refractivity contribution in [2.24, 2.45) is 0 Å². The summed E-state index contributed by atoms with van der Waals surface area (Å²) in [5.74, 6) is 0.00603. The summed E-state index contributed by atoms with van der Waals surface area (Å²) in [4.78, 5) is 10.6. The van der Waals surface area contributed by atoms with Crippen LogP contribution in [-0.2, 0) is 4.79 Å². The minimum atomic E-state index is -0.850. The molecule has 4 heteroatoms. The average Bonchev–Trinajstić information content (AvgIpc) is 2.28. The van der Waals surface area contributed by atoms with Gasteiger partial charge in [-0.2, -0.15) is 0 Å². The highest BCUT2D eigenvalue weighted by Crippen LogP contribution is 2.18. The number of carboxylic acids is 1. The molecule has 1 atom stereocenters. The molecule has 0 aliphatic heterocycles. The Bertz CT molecular complexity index is 390. The van der Waals surface area contributed by atoms with E-state index >= 15 is 0 Å². The molecule has 0 heterocycles. The molecular weight excluding hydrogens is 218 g/mol. The molecule has 94 valence electrons. The molecule has 1 unspecified atom stereocenters. The zero-order valence-corrected chi connectivity index (χ0v) is 10.5. The Kier molecular flexibility index (Phi) is 4.97. The fourth-order valence-corrected chi connectivity index (χ4v) is 1.39. The normalized spacial score (nSPS) is 12.2. The SMILES string of the molecule is Cc1ccc(C)c(OCCNC(C)C(=O)O)c1. The fraction of sp³-hybridized carbons (Fsp3) is 0.462. The van der Waals surface area contributed by atoms with E-state index < -0.39 is 12.0 Å². The number of benzene rings is 1. The summed E-state index contributed by atoms with van der Waals surface area (Å²) in [6.45, 7) is 6.59. The summed E-state index contributed by atoms with van der Waals surface area (Å²) in [6, 6.07) is 5.48. The van der Waals surface area contributed by atoms with Crippen LogP contribution in [-0.4, -0.2) is 30.3 Å². The maximum absolute atomic E-state index is 10.6. The first-order chi connectivity index (χ1) is 8.00. The van der Waals surface area contributed by atoms with Gasteiger partial charge in [-0.15, -0.1) is 0 Å². The molecule has 4 nitrogen and oxygen atoms in total. The Morgan fingerprint density at radius 2 is 2.18 bits per heavy atom. The third kappa shape index (κ3) is 4.44. The van der Waals surface area contributed by atoms with E-state index in [1.165, 1.54) is 0 Å². The number of aryl methyl sites for hydroxylation is 2. The summed E-state index contributed by atoms with van der Waals surface area (Å²) < 4.78 is 5.59. The molecule has 1 rings (SSSR count). The van der Waals surface area contributed by atoms with Crippen LogP contribution in [0.15, 0.2) is 18.2 Å². The number of hydrogen-bond donors (Lipinski definition) is 2. The van der Waals surface area contributed by atoms with Crippen molar-refractivity contribution < 1.29 is 14.6 Å². The second kappa shape index (κ2) is 6.25. The number of rotatable bonds is 6. The van der Waals surface area contributed by atoms with E-state index in [1.54, 1.807) is 6.92 Å². The third-order valence-corrected chi connectivity index (χ3v) is 2.52. The van der Waals surface area contributed by atoms with Crippen LogP contribution >= 0.6 is 0 Å². The summed E-state index contributed by atoms with van der Waals surface area (Å²) in [7, 11) is 0. The van der Waals surface area contributed by atoms with Gasteiger partial charge in [-0.25, -0.2) is 0 Å².